The topological polar surface area (TPSA) is 86.8 Å². The van der Waals surface area contributed by atoms with Gasteiger partial charge in [0.15, 0.2) is 0 Å². The van der Waals surface area contributed by atoms with Crippen LogP contribution < -0.4 is 16.4 Å². The molecule has 4 N–H and O–H groups in total. The molecule has 33 heavy (non-hydrogen) atoms. The van der Waals surface area contributed by atoms with Gasteiger partial charge >= 0.3 is 0 Å². The Bertz CT molecular complexity index is 1130. The van der Waals surface area contributed by atoms with E-state index in [9.17, 15) is 5.26 Å². The van der Waals surface area contributed by atoms with Crippen molar-refractivity contribution < 1.29 is 0 Å². The molecular weight excluding hydrogens is 422 g/mol. The first-order valence-corrected chi connectivity index (χ1v) is 15.6. The van der Waals surface area contributed by atoms with Crippen molar-refractivity contribution in [2.24, 2.45) is 17.8 Å². The Balaban J connectivity index is 1.38. The maximum absolute atomic E-state index is 9.79. The molecule has 0 aliphatic heterocycles. The number of nitrogens with one attached hydrogen (secondary N) is 2. The number of nitrogens with two attached hydrogens (primary N) is 1. The highest BCUT2D eigenvalue weighted by Crippen LogP contribution is 2.56. The number of anilines is 4. The molecule has 0 radical (unpaired) electrons. The van der Waals surface area contributed by atoms with Crippen LogP contribution in [0.2, 0.25) is 19.6 Å². The molecule has 1 aromatic carbocycles. The van der Waals surface area contributed by atoms with Crippen LogP contribution in [0.4, 0.5) is 23.0 Å². The van der Waals surface area contributed by atoms with Gasteiger partial charge in [-0.3, -0.25) is 0 Å². The molecule has 4 bridgehead atoms. The van der Waals surface area contributed by atoms with Crippen LogP contribution in [0.1, 0.15) is 49.7 Å². The number of aromatic nitrogens is 1. The summed E-state index contributed by atoms with van der Waals surface area (Å²) in [5.74, 6) is 7.01. The Hall–Kier alpha value is -2.96. The van der Waals surface area contributed by atoms with E-state index >= 15 is 0 Å². The van der Waals surface area contributed by atoms with Crippen LogP contribution in [-0.4, -0.2) is 18.6 Å². The van der Waals surface area contributed by atoms with Gasteiger partial charge in [-0.15, -0.1) is 5.54 Å². The number of pyridine rings is 1. The third-order valence-electron chi connectivity index (χ3n) is 7.32. The predicted octanol–water partition coefficient (Wildman–Crippen LogP) is 5.89. The zero-order chi connectivity index (χ0) is 23.2. The number of benzene rings is 1. The average Bonchev–Trinajstić information content (AvgIpc) is 2.71. The van der Waals surface area contributed by atoms with Crippen LogP contribution in [0.25, 0.3) is 0 Å². The van der Waals surface area contributed by atoms with Crippen molar-refractivity contribution in [3.8, 4) is 17.5 Å². The summed E-state index contributed by atoms with van der Waals surface area (Å²) >= 11 is 0. The van der Waals surface area contributed by atoms with Crippen LogP contribution in [-0.2, 0) is 0 Å². The van der Waals surface area contributed by atoms with Gasteiger partial charge in [-0.2, -0.15) is 5.26 Å². The molecule has 4 aliphatic carbocycles. The highest BCUT2D eigenvalue weighted by Gasteiger charge is 2.51. The van der Waals surface area contributed by atoms with Crippen molar-refractivity contribution in [1.82, 2.24) is 4.98 Å². The Labute approximate surface area is 198 Å². The first kappa shape index (κ1) is 21.9. The van der Waals surface area contributed by atoms with Crippen LogP contribution in [0, 0.1) is 40.5 Å². The van der Waals surface area contributed by atoms with Crippen molar-refractivity contribution in [3.63, 3.8) is 0 Å². The van der Waals surface area contributed by atoms with Crippen LogP contribution >= 0.6 is 0 Å². The lowest BCUT2D eigenvalue weighted by atomic mass is 9.53. The van der Waals surface area contributed by atoms with E-state index in [4.69, 9.17) is 10.7 Å². The summed E-state index contributed by atoms with van der Waals surface area (Å²) in [5, 5.41) is 16.9. The lowest BCUT2D eigenvalue weighted by Gasteiger charge is -2.57. The fourth-order valence-electron chi connectivity index (χ4n) is 6.40. The number of nitriles is 1. The van der Waals surface area contributed by atoms with Crippen LogP contribution in [0.15, 0.2) is 30.3 Å². The first-order valence-electron chi connectivity index (χ1n) is 12.1. The number of hydrogen-bond acceptors (Lipinski definition) is 5. The molecule has 0 amide bonds. The van der Waals surface area contributed by atoms with E-state index in [1.165, 1.54) is 38.5 Å². The summed E-state index contributed by atoms with van der Waals surface area (Å²) in [6, 6.07) is 12.1. The molecular formula is C27H33N5Si. The smallest absolute Gasteiger partial charge is 0.148 e. The maximum Gasteiger partial charge on any atom is 0.148 e. The third kappa shape index (κ3) is 4.72. The van der Waals surface area contributed by atoms with Gasteiger partial charge in [-0.25, -0.2) is 4.98 Å². The molecule has 6 heteroatoms. The molecule has 0 spiro atoms. The van der Waals surface area contributed by atoms with E-state index in [0.29, 0.717) is 22.9 Å². The van der Waals surface area contributed by atoms with Crippen molar-refractivity contribution in [2.45, 2.75) is 63.7 Å². The van der Waals surface area contributed by atoms with Gasteiger partial charge < -0.3 is 16.4 Å². The Kier molecular flexibility index (Phi) is 5.38. The summed E-state index contributed by atoms with van der Waals surface area (Å²) in [6.45, 7) is 6.73. The van der Waals surface area contributed by atoms with E-state index in [1.54, 1.807) is 6.07 Å². The molecule has 0 saturated heterocycles. The van der Waals surface area contributed by atoms with Crippen molar-refractivity contribution in [2.75, 3.05) is 16.4 Å². The van der Waals surface area contributed by atoms with Crippen LogP contribution in [0.5, 0.6) is 0 Å². The van der Waals surface area contributed by atoms with Gasteiger partial charge in [-0.1, -0.05) is 25.6 Å². The minimum absolute atomic E-state index is 0.0646. The summed E-state index contributed by atoms with van der Waals surface area (Å²) in [5.41, 5.74) is 12.6. The zero-order valence-corrected chi connectivity index (χ0v) is 20.8. The summed E-state index contributed by atoms with van der Waals surface area (Å²) < 4.78 is 0. The lowest BCUT2D eigenvalue weighted by molar-refractivity contribution is 0.0105. The van der Waals surface area contributed by atoms with Crippen molar-refractivity contribution in [3.05, 3.63) is 41.5 Å². The molecule has 170 valence electrons. The molecule has 4 saturated carbocycles. The summed E-state index contributed by atoms with van der Waals surface area (Å²) in [7, 11) is -1.40. The monoisotopic (exact) mass is 455 g/mol. The maximum atomic E-state index is 9.79. The van der Waals surface area contributed by atoms with Gasteiger partial charge in [0.25, 0.3) is 0 Å². The fraction of sp³-hybridized carbons (Fsp3) is 0.481. The average molecular weight is 456 g/mol. The number of rotatable bonds is 4. The fourth-order valence-corrected chi connectivity index (χ4v) is 6.92. The van der Waals surface area contributed by atoms with Gasteiger partial charge in [-0.05, 0) is 80.5 Å². The minimum Gasteiger partial charge on any atom is -0.397 e. The van der Waals surface area contributed by atoms with Gasteiger partial charge in [0, 0.05) is 22.9 Å². The van der Waals surface area contributed by atoms with E-state index < -0.39 is 8.07 Å². The van der Waals surface area contributed by atoms with E-state index in [2.05, 4.69) is 47.8 Å². The Morgan fingerprint density at radius 1 is 1.03 bits per heavy atom. The molecule has 1 aromatic heterocycles. The van der Waals surface area contributed by atoms with Crippen molar-refractivity contribution in [1.29, 1.82) is 5.26 Å². The molecule has 6 rings (SSSR count). The van der Waals surface area contributed by atoms with Gasteiger partial charge in [0.1, 0.15) is 31.3 Å². The standard InChI is InChI=1S/C27H33N5Si/c1-33(2,3)9-8-18-4-6-22(7-5-18)30-25-13-24(29)23(17-28)26(31-25)32-27-14-19-10-20(15-27)12-21(11-19)16-27/h4-7,13,19-21H,10-12,14-16H2,1-3H3,(H4,29,30,31,32). The number of hydrogen-bond donors (Lipinski definition) is 3. The second-order valence-electron chi connectivity index (χ2n) is 11.5. The second kappa shape index (κ2) is 8.11. The third-order valence-corrected chi connectivity index (χ3v) is 8.20. The highest BCUT2D eigenvalue weighted by atomic mass is 28.3. The molecule has 5 nitrogen and oxygen atoms in total. The number of nitrogen functional groups attached to an aromatic ring is 1. The number of nitrogens with zero attached hydrogens (tertiary/aromatic N) is 2. The second-order valence-corrected chi connectivity index (χ2v) is 16.2. The lowest BCUT2D eigenvalue weighted by Crippen LogP contribution is -2.55. The summed E-state index contributed by atoms with van der Waals surface area (Å²) in [6.07, 6.45) is 7.68. The van der Waals surface area contributed by atoms with Crippen LogP contribution in [0.3, 0.4) is 0 Å². The van der Waals surface area contributed by atoms with E-state index in [0.717, 1.165) is 29.0 Å². The molecule has 0 unspecified atom stereocenters. The predicted molar refractivity (Wildman–Crippen MR) is 138 cm³/mol. The normalized spacial score (nSPS) is 27.4. The van der Waals surface area contributed by atoms with Gasteiger partial charge in [0.05, 0.1) is 5.69 Å². The molecule has 4 aliphatic rings. The summed E-state index contributed by atoms with van der Waals surface area (Å²) in [4.78, 5) is 4.82. The molecule has 2 aromatic rings. The first-order chi connectivity index (χ1) is 15.7. The molecule has 0 atom stereocenters. The van der Waals surface area contributed by atoms with Gasteiger partial charge in [0.2, 0.25) is 0 Å². The quantitative estimate of drug-likeness (QED) is 0.395. The Morgan fingerprint density at radius 3 is 2.18 bits per heavy atom. The highest BCUT2D eigenvalue weighted by molar-refractivity contribution is 6.83. The largest absolute Gasteiger partial charge is 0.397 e. The molecule has 4 fully saturated rings. The molecule has 1 heterocycles. The van der Waals surface area contributed by atoms with E-state index in [1.807, 2.05) is 24.3 Å². The SMILES string of the molecule is C[Si](C)(C)C#Cc1ccc(Nc2cc(N)c(C#N)c(NC34CC5CC(CC(C5)C3)C4)n2)cc1. The van der Waals surface area contributed by atoms with Crippen molar-refractivity contribution >= 4 is 31.1 Å². The zero-order valence-electron chi connectivity index (χ0n) is 19.8. The van der Waals surface area contributed by atoms with E-state index in [-0.39, 0.29) is 5.54 Å². The Morgan fingerprint density at radius 2 is 1.64 bits per heavy atom. The minimum atomic E-state index is -1.40.